The largest absolute Gasteiger partial charge is 0.494 e. The lowest BCUT2D eigenvalue weighted by Crippen LogP contribution is -2.30. The van der Waals surface area contributed by atoms with Crippen LogP contribution in [0.3, 0.4) is 0 Å². The molecule has 5 rings (SSSR count). The number of nitrogens with one attached hydrogen (secondary N) is 2. The molecule has 0 radical (unpaired) electrons. The van der Waals surface area contributed by atoms with Gasteiger partial charge in [0.05, 0.1) is 29.3 Å². The van der Waals surface area contributed by atoms with Crippen molar-refractivity contribution >= 4 is 28.6 Å². The van der Waals surface area contributed by atoms with Gasteiger partial charge in [-0.15, -0.1) is 0 Å². The van der Waals surface area contributed by atoms with Crippen molar-refractivity contribution in [2.45, 2.75) is 19.9 Å². The highest BCUT2D eigenvalue weighted by Gasteiger charge is 2.34. The summed E-state index contributed by atoms with van der Waals surface area (Å²) >= 11 is 0. The van der Waals surface area contributed by atoms with E-state index in [9.17, 15) is 9.18 Å². The average molecular weight is 442 g/mol. The van der Waals surface area contributed by atoms with Crippen LogP contribution in [-0.2, 0) is 4.79 Å². The molecule has 1 aliphatic rings. The molecule has 0 saturated carbocycles. The number of carbonyl (C=O) groups excluding carboxylic acids is 1. The Morgan fingerprint density at radius 3 is 2.55 bits per heavy atom. The van der Waals surface area contributed by atoms with Crippen molar-refractivity contribution in [2.75, 3.05) is 17.2 Å². The first-order valence-corrected chi connectivity index (χ1v) is 10.8. The highest BCUT2D eigenvalue weighted by molar-refractivity contribution is 6.06. The molecular weight excluding hydrogens is 419 g/mol. The number of fused-ring (bicyclic) bond motifs is 3. The van der Waals surface area contributed by atoms with Crippen molar-refractivity contribution in [3.05, 3.63) is 95.4 Å². The average Bonchev–Trinajstić information content (AvgIpc) is 3.18. The van der Waals surface area contributed by atoms with Crippen LogP contribution in [0.2, 0.25) is 0 Å². The number of halogens is 1. The molecule has 0 bridgehead atoms. The van der Waals surface area contributed by atoms with Crippen molar-refractivity contribution < 1.29 is 13.9 Å². The van der Waals surface area contributed by atoms with E-state index in [4.69, 9.17) is 9.72 Å². The Morgan fingerprint density at radius 2 is 1.82 bits per heavy atom. The molecule has 7 heteroatoms. The third-order valence-electron chi connectivity index (χ3n) is 5.68. The SMILES string of the molecule is CCOc1ccc(NC(=O)C2=C(C)Nc3nc4ccccc4n3C2c2ccc(F)cc2)cc1. The fraction of sp³-hybridized carbons (Fsp3) is 0.154. The second kappa shape index (κ2) is 8.43. The molecule has 33 heavy (non-hydrogen) atoms. The van der Waals surface area contributed by atoms with Gasteiger partial charge < -0.3 is 15.4 Å². The lowest BCUT2D eigenvalue weighted by molar-refractivity contribution is -0.113. The molecule has 0 fully saturated rings. The van der Waals surface area contributed by atoms with E-state index < -0.39 is 6.04 Å². The molecule has 1 amide bonds. The lowest BCUT2D eigenvalue weighted by atomic mass is 9.94. The number of aromatic nitrogens is 2. The molecule has 1 atom stereocenters. The first-order valence-electron chi connectivity index (χ1n) is 10.8. The van der Waals surface area contributed by atoms with Crippen molar-refractivity contribution in [3.8, 4) is 5.75 Å². The minimum absolute atomic E-state index is 0.248. The van der Waals surface area contributed by atoms with Gasteiger partial charge in [-0.2, -0.15) is 0 Å². The van der Waals surface area contributed by atoms with Gasteiger partial charge in [0.1, 0.15) is 11.6 Å². The summed E-state index contributed by atoms with van der Waals surface area (Å²) in [6.45, 7) is 4.35. The molecule has 4 aromatic rings. The summed E-state index contributed by atoms with van der Waals surface area (Å²) in [5, 5.41) is 6.27. The molecule has 6 nitrogen and oxygen atoms in total. The fourth-order valence-corrected chi connectivity index (χ4v) is 4.22. The number of anilines is 2. The number of nitrogens with zero attached hydrogens (tertiary/aromatic N) is 2. The lowest BCUT2D eigenvalue weighted by Gasteiger charge is -2.30. The molecule has 0 saturated heterocycles. The number of para-hydroxylation sites is 2. The second-order valence-electron chi connectivity index (χ2n) is 7.82. The van der Waals surface area contributed by atoms with Crippen LogP contribution in [-0.4, -0.2) is 22.1 Å². The van der Waals surface area contributed by atoms with E-state index >= 15 is 0 Å². The summed E-state index contributed by atoms with van der Waals surface area (Å²) in [7, 11) is 0. The topological polar surface area (TPSA) is 68.2 Å². The number of amides is 1. The fourth-order valence-electron chi connectivity index (χ4n) is 4.22. The van der Waals surface area contributed by atoms with Gasteiger partial charge in [0.15, 0.2) is 0 Å². The number of allylic oxidation sites excluding steroid dienone is 1. The van der Waals surface area contributed by atoms with Crippen molar-refractivity contribution in [1.82, 2.24) is 9.55 Å². The van der Waals surface area contributed by atoms with Gasteiger partial charge in [-0.1, -0.05) is 24.3 Å². The van der Waals surface area contributed by atoms with Crippen molar-refractivity contribution in [3.63, 3.8) is 0 Å². The van der Waals surface area contributed by atoms with E-state index in [-0.39, 0.29) is 11.7 Å². The summed E-state index contributed by atoms with van der Waals surface area (Å²) in [6, 6.07) is 20.8. The predicted molar refractivity (Wildman–Crippen MR) is 127 cm³/mol. The van der Waals surface area contributed by atoms with Crippen LogP contribution in [0, 0.1) is 5.82 Å². The Morgan fingerprint density at radius 1 is 1.09 bits per heavy atom. The van der Waals surface area contributed by atoms with Crippen molar-refractivity contribution in [2.24, 2.45) is 0 Å². The molecule has 3 aromatic carbocycles. The van der Waals surface area contributed by atoms with Crippen LogP contribution in [0.4, 0.5) is 16.0 Å². The summed E-state index contributed by atoms with van der Waals surface area (Å²) in [5.74, 6) is 0.802. The molecular formula is C26H23FN4O2. The van der Waals surface area contributed by atoms with Crippen LogP contribution in [0.5, 0.6) is 5.75 Å². The number of carbonyl (C=O) groups is 1. The number of hydrogen-bond acceptors (Lipinski definition) is 4. The Kier molecular flexibility index (Phi) is 5.30. The Labute approximate surface area is 190 Å². The quantitative estimate of drug-likeness (QED) is 0.428. The number of imidazole rings is 1. The second-order valence-corrected chi connectivity index (χ2v) is 7.82. The maximum atomic E-state index is 13.7. The standard InChI is InChI=1S/C26H23FN4O2/c1-3-33-20-14-12-19(13-15-20)29-25(32)23-16(2)28-26-30-21-6-4-5-7-22(21)31(26)24(23)17-8-10-18(27)11-9-17/h4-15,24H,3H2,1-2H3,(H,28,30)(H,29,32). The van der Waals surface area contributed by atoms with Gasteiger partial charge in [0, 0.05) is 11.4 Å². The summed E-state index contributed by atoms with van der Waals surface area (Å²) in [5.41, 5.74) is 4.37. The minimum Gasteiger partial charge on any atom is -0.494 e. The van der Waals surface area contributed by atoms with E-state index in [1.54, 1.807) is 24.3 Å². The highest BCUT2D eigenvalue weighted by Crippen LogP contribution is 2.39. The van der Waals surface area contributed by atoms with Crippen LogP contribution in [0.15, 0.2) is 84.1 Å². The maximum absolute atomic E-state index is 13.7. The molecule has 2 heterocycles. The van der Waals surface area contributed by atoms with E-state index in [0.29, 0.717) is 29.5 Å². The number of ether oxygens (including phenoxy) is 1. The van der Waals surface area contributed by atoms with Crippen LogP contribution in [0.25, 0.3) is 11.0 Å². The third-order valence-corrected chi connectivity index (χ3v) is 5.68. The summed E-state index contributed by atoms with van der Waals surface area (Å²) < 4.78 is 21.2. The van der Waals surface area contributed by atoms with Gasteiger partial charge in [0.2, 0.25) is 5.95 Å². The summed E-state index contributed by atoms with van der Waals surface area (Å²) in [4.78, 5) is 18.3. The highest BCUT2D eigenvalue weighted by atomic mass is 19.1. The Bertz CT molecular complexity index is 1360. The summed E-state index contributed by atoms with van der Waals surface area (Å²) in [6.07, 6.45) is 0. The zero-order valence-corrected chi connectivity index (χ0v) is 18.3. The number of hydrogen-bond donors (Lipinski definition) is 2. The van der Waals surface area contributed by atoms with E-state index in [2.05, 4.69) is 10.6 Å². The molecule has 1 aliphatic heterocycles. The molecule has 1 unspecified atom stereocenters. The van der Waals surface area contributed by atoms with Gasteiger partial charge in [-0.05, 0) is 67.9 Å². The van der Waals surface area contributed by atoms with E-state index in [1.807, 2.05) is 54.8 Å². The predicted octanol–water partition coefficient (Wildman–Crippen LogP) is 5.50. The smallest absolute Gasteiger partial charge is 0.255 e. The molecule has 1 aromatic heterocycles. The molecule has 0 aliphatic carbocycles. The maximum Gasteiger partial charge on any atom is 0.255 e. The van der Waals surface area contributed by atoms with Crippen LogP contribution < -0.4 is 15.4 Å². The number of benzene rings is 3. The number of rotatable bonds is 5. The Hall–Kier alpha value is -4.13. The van der Waals surface area contributed by atoms with Crippen LogP contribution >= 0.6 is 0 Å². The van der Waals surface area contributed by atoms with Crippen LogP contribution in [0.1, 0.15) is 25.5 Å². The van der Waals surface area contributed by atoms with E-state index in [0.717, 1.165) is 22.3 Å². The van der Waals surface area contributed by atoms with Gasteiger partial charge in [0.25, 0.3) is 5.91 Å². The molecule has 2 N–H and O–H groups in total. The van der Waals surface area contributed by atoms with Gasteiger partial charge in [-0.25, -0.2) is 9.37 Å². The van der Waals surface area contributed by atoms with Gasteiger partial charge >= 0.3 is 0 Å². The van der Waals surface area contributed by atoms with E-state index in [1.165, 1.54) is 12.1 Å². The normalized spacial score (nSPS) is 15.2. The zero-order valence-electron chi connectivity index (χ0n) is 18.3. The first-order chi connectivity index (χ1) is 16.0. The third kappa shape index (κ3) is 3.82. The van der Waals surface area contributed by atoms with Gasteiger partial charge in [-0.3, -0.25) is 9.36 Å². The van der Waals surface area contributed by atoms with Crippen molar-refractivity contribution in [1.29, 1.82) is 0 Å². The Balaban J connectivity index is 1.58. The minimum atomic E-state index is -0.475. The monoisotopic (exact) mass is 442 g/mol. The first kappa shape index (κ1) is 20.8. The zero-order chi connectivity index (χ0) is 22.9. The molecule has 0 spiro atoms. The molecule has 166 valence electrons.